The van der Waals surface area contributed by atoms with Crippen molar-refractivity contribution in [2.75, 3.05) is 10.7 Å². The van der Waals surface area contributed by atoms with Crippen LogP contribution in [0.15, 0.2) is 30.3 Å². The minimum absolute atomic E-state index is 0.0465. The molecule has 2 rings (SSSR count). The summed E-state index contributed by atoms with van der Waals surface area (Å²) in [7, 11) is 0. The molecule has 0 saturated carbocycles. The second-order valence-electron chi connectivity index (χ2n) is 3.79. The third kappa shape index (κ3) is 3.19. The van der Waals surface area contributed by atoms with Gasteiger partial charge >= 0.3 is 0 Å². The van der Waals surface area contributed by atoms with Crippen molar-refractivity contribution in [3.05, 3.63) is 52.7 Å². The quantitative estimate of drug-likeness (QED) is 0.462. The highest BCUT2D eigenvalue weighted by atomic mass is 35.5. The van der Waals surface area contributed by atoms with E-state index >= 15 is 0 Å². The highest BCUT2D eigenvalue weighted by Crippen LogP contribution is 2.18. The molecule has 104 valence electrons. The largest absolute Gasteiger partial charge is 0.319 e. The highest BCUT2D eigenvalue weighted by Gasteiger charge is 2.12. The Balaban J connectivity index is 2.26. The number of benzene rings is 1. The summed E-state index contributed by atoms with van der Waals surface area (Å²) in [6.45, 7) is 0. The zero-order chi connectivity index (χ0) is 14.7. The summed E-state index contributed by atoms with van der Waals surface area (Å²) < 4.78 is 26.2. The van der Waals surface area contributed by atoms with E-state index in [1.165, 1.54) is 12.1 Å². The van der Waals surface area contributed by atoms with Gasteiger partial charge in [-0.3, -0.25) is 4.79 Å². The molecule has 0 aliphatic heterocycles. The number of anilines is 2. The number of hydrogen-bond acceptors (Lipinski definition) is 4. The molecule has 0 unspecified atom stereocenters. The first-order valence-corrected chi connectivity index (χ1v) is 5.78. The van der Waals surface area contributed by atoms with E-state index in [0.717, 1.165) is 12.1 Å². The van der Waals surface area contributed by atoms with Crippen molar-refractivity contribution >= 4 is 29.0 Å². The lowest BCUT2D eigenvalue weighted by molar-refractivity contribution is 0.102. The van der Waals surface area contributed by atoms with Gasteiger partial charge in [-0.15, -0.1) is 0 Å². The number of aromatic nitrogens is 1. The Morgan fingerprint density at radius 1 is 1.25 bits per heavy atom. The van der Waals surface area contributed by atoms with E-state index in [0.29, 0.717) is 6.07 Å². The Morgan fingerprint density at radius 2 is 2.00 bits per heavy atom. The third-order valence-electron chi connectivity index (χ3n) is 2.38. The molecule has 0 radical (unpaired) electrons. The molecule has 0 atom stereocenters. The van der Waals surface area contributed by atoms with Gasteiger partial charge in [0.25, 0.3) is 5.91 Å². The molecule has 0 aliphatic carbocycles. The van der Waals surface area contributed by atoms with Gasteiger partial charge in [-0.25, -0.2) is 19.6 Å². The third-order valence-corrected chi connectivity index (χ3v) is 2.58. The molecule has 5 nitrogen and oxygen atoms in total. The van der Waals surface area contributed by atoms with E-state index in [4.69, 9.17) is 17.4 Å². The second kappa shape index (κ2) is 5.81. The molecule has 1 aromatic carbocycles. The average Bonchev–Trinajstić information content (AvgIpc) is 2.41. The number of nitrogens with two attached hydrogens (primary N) is 1. The van der Waals surface area contributed by atoms with Crippen LogP contribution >= 0.6 is 11.6 Å². The number of hydrazine groups is 1. The molecular weight excluding hydrogens is 290 g/mol. The summed E-state index contributed by atoms with van der Waals surface area (Å²) in [6.07, 6.45) is 0. The zero-order valence-electron chi connectivity index (χ0n) is 9.95. The standard InChI is InChI=1S/C12H9ClF2N4O/c13-10-3-6(4-11(18-10)19-16)12(20)17-9-2-1-7(14)5-8(9)15/h1-5H,16H2,(H,17,20)(H,18,19). The van der Waals surface area contributed by atoms with Crippen LogP contribution in [0, 0.1) is 11.6 Å². The number of amides is 1. The SMILES string of the molecule is NNc1cc(C(=O)Nc2ccc(F)cc2F)cc(Cl)n1. The molecule has 1 aromatic heterocycles. The van der Waals surface area contributed by atoms with Crippen molar-refractivity contribution in [2.24, 2.45) is 5.84 Å². The normalized spacial score (nSPS) is 10.2. The van der Waals surface area contributed by atoms with E-state index < -0.39 is 17.5 Å². The van der Waals surface area contributed by atoms with E-state index in [1.807, 2.05) is 0 Å². The number of halogens is 3. The monoisotopic (exact) mass is 298 g/mol. The molecule has 1 amide bonds. The molecule has 0 fully saturated rings. The van der Waals surface area contributed by atoms with Crippen molar-refractivity contribution in [1.82, 2.24) is 4.98 Å². The number of rotatable bonds is 3. The Kier molecular flexibility index (Phi) is 4.11. The van der Waals surface area contributed by atoms with E-state index in [-0.39, 0.29) is 22.2 Å². The summed E-state index contributed by atoms with van der Waals surface area (Å²) in [5, 5.41) is 2.34. The van der Waals surface area contributed by atoms with Crippen LogP contribution in [0.2, 0.25) is 5.15 Å². The average molecular weight is 299 g/mol. The van der Waals surface area contributed by atoms with E-state index in [2.05, 4.69) is 15.7 Å². The van der Waals surface area contributed by atoms with Gasteiger partial charge in [0.2, 0.25) is 0 Å². The molecular formula is C12H9ClF2N4O. The minimum Gasteiger partial charge on any atom is -0.319 e. The number of carbonyl (C=O) groups is 1. The van der Waals surface area contributed by atoms with Gasteiger partial charge in [0, 0.05) is 11.6 Å². The van der Waals surface area contributed by atoms with Crippen LogP contribution in [0.5, 0.6) is 0 Å². The Hall–Kier alpha value is -2.25. The maximum absolute atomic E-state index is 13.4. The summed E-state index contributed by atoms with van der Waals surface area (Å²) in [5.74, 6) is 3.12. The van der Waals surface area contributed by atoms with Gasteiger partial charge in [0.05, 0.1) is 5.69 Å². The predicted molar refractivity (Wildman–Crippen MR) is 71.4 cm³/mol. The first-order chi connectivity index (χ1) is 9.49. The van der Waals surface area contributed by atoms with Gasteiger partial charge in [-0.05, 0) is 24.3 Å². The van der Waals surface area contributed by atoms with Crippen LogP contribution in [0.4, 0.5) is 20.3 Å². The highest BCUT2D eigenvalue weighted by molar-refractivity contribution is 6.30. The number of carbonyl (C=O) groups excluding carboxylic acids is 1. The fourth-order valence-electron chi connectivity index (χ4n) is 1.49. The number of nitrogen functional groups attached to an aromatic ring is 1. The van der Waals surface area contributed by atoms with Gasteiger partial charge in [0.15, 0.2) is 0 Å². The Bertz CT molecular complexity index is 666. The molecule has 0 bridgehead atoms. The number of pyridine rings is 1. The molecule has 4 N–H and O–H groups in total. The van der Waals surface area contributed by atoms with E-state index in [1.54, 1.807) is 0 Å². The van der Waals surface area contributed by atoms with E-state index in [9.17, 15) is 13.6 Å². The lowest BCUT2D eigenvalue weighted by Gasteiger charge is -2.08. The van der Waals surface area contributed by atoms with Crippen LogP contribution in [0.3, 0.4) is 0 Å². The lowest BCUT2D eigenvalue weighted by Crippen LogP contribution is -2.15. The van der Waals surface area contributed by atoms with Crippen LogP contribution in [0.25, 0.3) is 0 Å². The van der Waals surface area contributed by atoms with Crippen molar-refractivity contribution in [1.29, 1.82) is 0 Å². The predicted octanol–water partition coefficient (Wildman–Crippen LogP) is 2.55. The number of hydrogen-bond donors (Lipinski definition) is 3. The van der Waals surface area contributed by atoms with Crippen molar-refractivity contribution in [2.45, 2.75) is 0 Å². The smallest absolute Gasteiger partial charge is 0.255 e. The van der Waals surface area contributed by atoms with Crippen LogP contribution in [0.1, 0.15) is 10.4 Å². The zero-order valence-corrected chi connectivity index (χ0v) is 10.7. The van der Waals surface area contributed by atoms with Gasteiger partial charge in [-0.1, -0.05) is 11.6 Å². The van der Waals surface area contributed by atoms with Crippen LogP contribution in [-0.2, 0) is 0 Å². The summed E-state index contributed by atoms with van der Waals surface area (Å²) in [5.41, 5.74) is 2.23. The summed E-state index contributed by atoms with van der Waals surface area (Å²) in [4.78, 5) is 15.7. The van der Waals surface area contributed by atoms with Crippen LogP contribution in [-0.4, -0.2) is 10.9 Å². The summed E-state index contributed by atoms with van der Waals surface area (Å²) in [6, 6.07) is 5.45. The minimum atomic E-state index is -0.879. The molecule has 2 aromatic rings. The molecule has 20 heavy (non-hydrogen) atoms. The first-order valence-electron chi connectivity index (χ1n) is 5.40. The van der Waals surface area contributed by atoms with Gasteiger partial charge < -0.3 is 10.7 Å². The fourth-order valence-corrected chi connectivity index (χ4v) is 1.70. The maximum atomic E-state index is 13.4. The molecule has 0 spiro atoms. The second-order valence-corrected chi connectivity index (χ2v) is 4.17. The van der Waals surface area contributed by atoms with Crippen molar-refractivity contribution < 1.29 is 13.6 Å². The van der Waals surface area contributed by atoms with Crippen molar-refractivity contribution in [3.8, 4) is 0 Å². The molecule has 1 heterocycles. The molecule has 0 saturated heterocycles. The fraction of sp³-hybridized carbons (Fsp3) is 0. The number of nitrogens with zero attached hydrogens (tertiary/aromatic N) is 1. The molecule has 8 heteroatoms. The maximum Gasteiger partial charge on any atom is 0.255 e. The Labute approximate surface area is 117 Å². The van der Waals surface area contributed by atoms with Gasteiger partial charge in [-0.2, -0.15) is 0 Å². The van der Waals surface area contributed by atoms with Gasteiger partial charge in [0.1, 0.15) is 22.6 Å². The first kappa shape index (κ1) is 14.2. The topological polar surface area (TPSA) is 80.0 Å². The Morgan fingerprint density at radius 3 is 2.65 bits per heavy atom. The number of nitrogens with one attached hydrogen (secondary N) is 2. The van der Waals surface area contributed by atoms with Crippen LogP contribution < -0.4 is 16.6 Å². The molecule has 0 aliphatic rings. The van der Waals surface area contributed by atoms with Crippen molar-refractivity contribution in [3.63, 3.8) is 0 Å². The summed E-state index contributed by atoms with van der Waals surface area (Å²) >= 11 is 5.72. The lowest BCUT2D eigenvalue weighted by atomic mass is 10.2.